The number of rotatable bonds is 28. The van der Waals surface area contributed by atoms with Crippen LogP contribution in [0.5, 0.6) is 0 Å². The van der Waals surface area contributed by atoms with Gasteiger partial charge in [-0.1, -0.05) is 99.7 Å². The minimum atomic E-state index is -3.94. The number of nitrogens with zero attached hydrogens (tertiary/aromatic N) is 4. The van der Waals surface area contributed by atoms with Gasteiger partial charge in [-0.25, -0.2) is 36.5 Å². The fourth-order valence-corrected chi connectivity index (χ4v) is 10.4. The maximum absolute atomic E-state index is 14.0. The molecule has 6 aromatic carbocycles. The third-order valence-electron chi connectivity index (χ3n) is 13.0. The summed E-state index contributed by atoms with van der Waals surface area (Å²) in [5.74, 6) is -2.38. The average molecular weight is 1290 g/mol. The normalized spacial score (nSPS) is 12.0. The number of ether oxygens (including phenoxy) is 2. The Kier molecular flexibility index (Phi) is 21.1. The number of hydrogen-bond acceptors (Lipinski definition) is 13. The molecule has 20 nitrogen and oxygen atoms in total. The summed E-state index contributed by atoms with van der Waals surface area (Å²) in [5, 5.41) is 28.8. The van der Waals surface area contributed by atoms with Crippen LogP contribution in [0.1, 0.15) is 60.5 Å². The average Bonchev–Trinajstić information content (AvgIpc) is 4.16. The molecular weight excluding hydrogens is 1230 g/mol. The fourth-order valence-electron chi connectivity index (χ4n) is 8.88. The van der Waals surface area contributed by atoms with E-state index in [9.17, 15) is 36.0 Å². The summed E-state index contributed by atoms with van der Waals surface area (Å²) in [6.45, 7) is -0.449. The summed E-state index contributed by atoms with van der Waals surface area (Å²) in [6.07, 6.45) is 4.49. The number of amides is 3. The quantitative estimate of drug-likeness (QED) is 0.0201. The molecule has 24 heteroatoms. The Balaban J connectivity index is 0.708. The first-order chi connectivity index (χ1) is 39.8. The summed E-state index contributed by atoms with van der Waals surface area (Å²) < 4.78 is 63.9. The Morgan fingerprint density at radius 1 is 0.530 bits per heavy atom. The smallest absolute Gasteiger partial charge is 0.250 e. The summed E-state index contributed by atoms with van der Waals surface area (Å²) in [7, 11) is -7.80. The van der Waals surface area contributed by atoms with Crippen LogP contribution in [-0.4, -0.2) is 99.4 Å². The van der Waals surface area contributed by atoms with E-state index < -0.39 is 31.9 Å². The van der Waals surface area contributed by atoms with E-state index in [1.54, 1.807) is 76.1 Å². The van der Waals surface area contributed by atoms with Crippen molar-refractivity contribution in [3.8, 4) is 33.9 Å². The van der Waals surface area contributed by atoms with Gasteiger partial charge in [0.1, 0.15) is 26.4 Å². The number of unbranched alkanes of at least 4 members (excludes halogenated alkanes) is 4. The van der Waals surface area contributed by atoms with E-state index in [0.29, 0.717) is 59.2 Å². The Labute approximate surface area is 497 Å². The highest BCUT2D eigenvalue weighted by molar-refractivity contribution is 9.10. The number of halogens is 2. The molecular formula is C59H60Br2N10O10S2. The van der Waals surface area contributed by atoms with Crippen LogP contribution in [0.15, 0.2) is 176 Å². The van der Waals surface area contributed by atoms with Crippen LogP contribution >= 0.6 is 31.9 Å². The van der Waals surface area contributed by atoms with Crippen molar-refractivity contribution in [3.05, 3.63) is 189 Å². The van der Waals surface area contributed by atoms with E-state index in [0.717, 1.165) is 69.1 Å². The number of ketones is 1. The summed E-state index contributed by atoms with van der Waals surface area (Å²) in [4.78, 5) is 51.7. The molecule has 0 aliphatic rings. The van der Waals surface area contributed by atoms with E-state index in [1.165, 1.54) is 24.3 Å². The number of aromatic nitrogens is 4. The summed E-state index contributed by atoms with van der Waals surface area (Å²) in [6, 6.07) is 45.3. The Morgan fingerprint density at radius 2 is 0.988 bits per heavy atom. The van der Waals surface area contributed by atoms with E-state index >= 15 is 0 Å². The highest BCUT2D eigenvalue weighted by atomic mass is 79.9. The molecule has 0 fully saturated rings. The standard InChI is InChI=1S/C59H60Br2N10O10S2/c60-43-14-8-40(9-15-43)53-33-47(68-70(53)48-22-26-50(27-23-48)82(63,76)77)32-39-6-20-46(21-7-39)67-58(75)38-81-37-57(74)66-31-5-3-1-2-4-30-65-56(73)36-80-35-55(72)59(42-12-18-45(62)19-13-42)52-34-54(41-10-16-44(61)17-11-41)71(69-52)49-24-28-51(29-25-49)83(64,78)79/h6-29,33-34,59H,1-5,30-32,35-38,62H2,(H,65,73)(H,66,74)(H,67,75)(H2,63,76,77)(H2,64,78,79). The zero-order valence-electron chi connectivity index (χ0n) is 44.7. The SMILES string of the molecule is Nc1ccc(C(C(=O)COCC(=O)NCCCCCCCNC(=O)COCC(=O)Nc2ccc(Cc3cc(-c4ccc(Br)cc4)n(-c4ccc(S(N)(=O)=O)cc4)n3)cc2)c2cc(-c3ccc(Br)cc3)n(-c3ccc(S(N)(=O)=O)cc3)n2)cc1. The van der Waals surface area contributed by atoms with Gasteiger partial charge in [0.2, 0.25) is 37.8 Å². The van der Waals surface area contributed by atoms with E-state index in [-0.39, 0.29) is 53.8 Å². The topological polar surface area (TPSA) is 305 Å². The lowest BCUT2D eigenvalue weighted by molar-refractivity contribution is -0.131. The number of nitrogens with two attached hydrogens (primary N) is 3. The van der Waals surface area contributed by atoms with Gasteiger partial charge in [0.15, 0.2) is 5.78 Å². The molecule has 0 aliphatic carbocycles. The lowest BCUT2D eigenvalue weighted by Gasteiger charge is -2.15. The molecule has 2 aromatic heterocycles. The Hall–Kier alpha value is -7.68. The Morgan fingerprint density at radius 3 is 1.49 bits per heavy atom. The van der Waals surface area contributed by atoms with Gasteiger partial charge in [-0.05, 0) is 133 Å². The lowest BCUT2D eigenvalue weighted by Crippen LogP contribution is -2.30. The maximum atomic E-state index is 14.0. The van der Waals surface area contributed by atoms with Gasteiger partial charge >= 0.3 is 0 Å². The predicted octanol–water partition coefficient (Wildman–Crippen LogP) is 7.94. The van der Waals surface area contributed by atoms with Crippen molar-refractivity contribution in [2.45, 2.75) is 54.2 Å². The molecule has 0 aliphatic heterocycles. The molecule has 1 atom stereocenters. The van der Waals surface area contributed by atoms with Crippen LogP contribution in [0.2, 0.25) is 0 Å². The van der Waals surface area contributed by atoms with E-state index in [4.69, 9.17) is 35.7 Å². The molecule has 3 amide bonds. The molecule has 8 aromatic rings. The van der Waals surface area contributed by atoms with Crippen LogP contribution in [0.4, 0.5) is 11.4 Å². The zero-order valence-corrected chi connectivity index (χ0v) is 49.6. The molecule has 432 valence electrons. The fraction of sp³-hybridized carbons (Fsp3) is 0.220. The van der Waals surface area contributed by atoms with E-state index in [2.05, 4.69) is 47.8 Å². The number of anilines is 2. The third-order valence-corrected chi connectivity index (χ3v) is 16.0. The van der Waals surface area contributed by atoms with Crippen LogP contribution in [0.3, 0.4) is 0 Å². The van der Waals surface area contributed by atoms with Crippen LogP contribution in [-0.2, 0) is 55.1 Å². The number of Topliss-reactive ketones (excluding diaryl/α,β-unsaturated/α-hetero) is 1. The molecule has 0 bridgehead atoms. The van der Waals surface area contributed by atoms with Crippen molar-refractivity contribution < 1.29 is 45.5 Å². The zero-order chi connectivity index (χ0) is 59.1. The molecule has 8 rings (SSSR count). The molecule has 1 unspecified atom stereocenters. The number of sulfonamides is 2. The summed E-state index contributed by atoms with van der Waals surface area (Å²) >= 11 is 6.95. The molecule has 2 heterocycles. The van der Waals surface area contributed by atoms with E-state index in [1.807, 2.05) is 66.7 Å². The second kappa shape index (κ2) is 28.5. The highest BCUT2D eigenvalue weighted by Gasteiger charge is 2.28. The van der Waals surface area contributed by atoms with Crippen molar-refractivity contribution in [1.82, 2.24) is 30.2 Å². The van der Waals surface area contributed by atoms with Gasteiger partial charge < -0.3 is 31.2 Å². The van der Waals surface area contributed by atoms with Crippen molar-refractivity contribution in [2.75, 3.05) is 50.6 Å². The van der Waals surface area contributed by atoms with Crippen molar-refractivity contribution in [1.29, 1.82) is 0 Å². The largest absolute Gasteiger partial charge is 0.399 e. The van der Waals surface area contributed by atoms with Crippen molar-refractivity contribution in [3.63, 3.8) is 0 Å². The number of nitrogen functional groups attached to an aromatic ring is 1. The first kappa shape index (κ1) is 61.4. The van der Waals surface area contributed by atoms with Gasteiger partial charge in [-0.3, -0.25) is 19.2 Å². The lowest BCUT2D eigenvalue weighted by atomic mass is 9.91. The molecule has 0 saturated heterocycles. The van der Waals surface area contributed by atoms with Crippen LogP contribution < -0.4 is 32.0 Å². The molecule has 0 radical (unpaired) electrons. The minimum Gasteiger partial charge on any atom is -0.399 e. The van der Waals surface area contributed by atoms with Crippen molar-refractivity contribution >= 4 is 86.8 Å². The van der Waals surface area contributed by atoms with Crippen LogP contribution in [0, 0.1) is 0 Å². The van der Waals surface area contributed by atoms with Gasteiger partial charge in [0.05, 0.1) is 49.9 Å². The highest BCUT2D eigenvalue weighted by Crippen LogP contribution is 2.33. The number of carbonyl (C=O) groups is 4. The molecule has 0 spiro atoms. The number of hydrogen-bond donors (Lipinski definition) is 6. The third kappa shape index (κ3) is 17.7. The van der Waals surface area contributed by atoms with Gasteiger partial charge in [0.25, 0.3) is 0 Å². The number of primary sulfonamides is 2. The van der Waals surface area contributed by atoms with Gasteiger partial charge in [-0.15, -0.1) is 0 Å². The number of carbonyl (C=O) groups excluding carboxylic acids is 4. The first-order valence-electron chi connectivity index (χ1n) is 26.2. The Bertz CT molecular complexity index is 3770. The van der Waals surface area contributed by atoms with Crippen molar-refractivity contribution in [2.24, 2.45) is 10.3 Å². The van der Waals surface area contributed by atoms with Gasteiger partial charge in [0, 0.05) is 51.0 Å². The number of benzene rings is 6. The van der Waals surface area contributed by atoms with Gasteiger partial charge in [-0.2, -0.15) is 10.2 Å². The first-order valence-corrected chi connectivity index (χ1v) is 30.9. The minimum absolute atomic E-state index is 0.00207. The maximum Gasteiger partial charge on any atom is 0.250 e. The second-order valence-corrected chi connectivity index (χ2v) is 24.3. The summed E-state index contributed by atoms with van der Waals surface area (Å²) in [5.41, 5.74) is 14.0. The second-order valence-electron chi connectivity index (χ2n) is 19.3. The number of nitrogens with one attached hydrogen (secondary N) is 3. The monoisotopic (exact) mass is 1290 g/mol. The molecule has 9 N–H and O–H groups in total. The predicted molar refractivity (Wildman–Crippen MR) is 322 cm³/mol. The van der Waals surface area contributed by atoms with Crippen LogP contribution in [0.25, 0.3) is 33.9 Å². The molecule has 83 heavy (non-hydrogen) atoms. The molecule has 0 saturated carbocycles.